The van der Waals surface area contributed by atoms with Crippen LogP contribution in [0, 0.1) is 5.92 Å². The quantitative estimate of drug-likeness (QED) is 0.807. The molecule has 3 nitrogen and oxygen atoms in total. The van der Waals surface area contributed by atoms with Crippen LogP contribution in [0.5, 0.6) is 5.75 Å². The topological polar surface area (TPSA) is 38.3 Å². The Kier molecular flexibility index (Phi) is 6.29. The van der Waals surface area contributed by atoms with Crippen LogP contribution in [0.25, 0.3) is 0 Å². The molecule has 0 heterocycles. The van der Waals surface area contributed by atoms with E-state index in [1.807, 2.05) is 0 Å². The first kappa shape index (κ1) is 15.1. The minimum absolute atomic E-state index is 0.449. The van der Waals surface area contributed by atoms with E-state index in [0.717, 1.165) is 5.75 Å². The number of halogens is 2. The van der Waals surface area contributed by atoms with Crippen LogP contribution in [0.15, 0.2) is 18.2 Å². The number of rotatable bonds is 6. The number of carbonyl (C=O) groups is 1. The van der Waals surface area contributed by atoms with Gasteiger partial charge in [0.25, 0.3) is 5.91 Å². The third-order valence-corrected chi connectivity index (χ3v) is 3.30. The highest BCUT2D eigenvalue weighted by molar-refractivity contribution is 7.95. The zero-order valence-corrected chi connectivity index (χ0v) is 11.8. The van der Waals surface area contributed by atoms with Crippen molar-refractivity contribution >= 4 is 35.2 Å². The van der Waals surface area contributed by atoms with Gasteiger partial charge in [0, 0.05) is 17.5 Å². The number of carbonyl (C=O) groups excluding carboxylic acids is 1. The Morgan fingerprint density at radius 1 is 1.56 bits per heavy atom. The highest BCUT2D eigenvalue weighted by Gasteiger charge is 2.07. The molecule has 0 aliphatic heterocycles. The minimum atomic E-state index is -1.05. The first-order valence-electron chi connectivity index (χ1n) is 5.47. The normalized spacial score (nSPS) is 10.5. The van der Waals surface area contributed by atoms with Crippen molar-refractivity contribution in [1.82, 2.24) is 0 Å². The predicted molar refractivity (Wildman–Crippen MR) is 74.0 cm³/mol. The molecule has 0 bridgehead atoms. The average molecular weight is 292 g/mol. The van der Waals surface area contributed by atoms with E-state index in [1.165, 1.54) is 12.0 Å². The van der Waals surface area contributed by atoms with Crippen molar-refractivity contribution in [2.24, 2.45) is 5.92 Å². The standard InChI is InChI=1S/C12H15ClFNO2S/c1-8(2)7-18-17-11-5-9(3-4-10(11)13)15-12(16)6-14/h3-5,8H,6-7H2,1-2H3,(H,15,16). The molecule has 6 heteroatoms. The molecule has 1 aromatic carbocycles. The largest absolute Gasteiger partial charge is 0.424 e. The van der Waals surface area contributed by atoms with Gasteiger partial charge in [-0.3, -0.25) is 4.79 Å². The number of hydrogen-bond acceptors (Lipinski definition) is 3. The second-order valence-corrected chi connectivity index (χ2v) is 5.23. The van der Waals surface area contributed by atoms with Gasteiger partial charge in [0.15, 0.2) is 12.4 Å². The molecule has 0 atom stereocenters. The number of anilines is 1. The van der Waals surface area contributed by atoms with Gasteiger partial charge in [-0.1, -0.05) is 25.4 Å². The molecule has 0 spiro atoms. The number of alkyl halides is 1. The van der Waals surface area contributed by atoms with Crippen LogP contribution in [0.3, 0.4) is 0 Å². The van der Waals surface area contributed by atoms with Gasteiger partial charge in [0.2, 0.25) is 0 Å². The fourth-order valence-corrected chi connectivity index (χ4v) is 1.88. The van der Waals surface area contributed by atoms with Crippen molar-refractivity contribution < 1.29 is 13.4 Å². The SMILES string of the molecule is CC(C)CSOc1cc(NC(=O)CF)ccc1Cl. The lowest BCUT2D eigenvalue weighted by Gasteiger charge is -2.09. The van der Waals surface area contributed by atoms with E-state index in [2.05, 4.69) is 19.2 Å². The molecule has 0 aliphatic rings. The monoisotopic (exact) mass is 291 g/mol. The Bertz CT molecular complexity index is 415. The predicted octanol–water partition coefficient (Wildman–Crippen LogP) is 3.93. The van der Waals surface area contributed by atoms with Crippen LogP contribution in [0.4, 0.5) is 10.1 Å². The van der Waals surface area contributed by atoms with Crippen LogP contribution in [0.2, 0.25) is 5.02 Å². The van der Waals surface area contributed by atoms with Gasteiger partial charge in [-0.25, -0.2) is 4.39 Å². The first-order chi connectivity index (χ1) is 8.52. The summed E-state index contributed by atoms with van der Waals surface area (Å²) in [5.41, 5.74) is 0.460. The number of amides is 1. The first-order valence-corrected chi connectivity index (χ1v) is 6.76. The molecule has 0 saturated carbocycles. The molecule has 1 aromatic rings. The molecule has 0 fully saturated rings. The molecule has 100 valence electrons. The maximum absolute atomic E-state index is 12.1. The van der Waals surface area contributed by atoms with Gasteiger partial charge in [-0.15, -0.1) is 0 Å². The van der Waals surface area contributed by atoms with E-state index in [0.29, 0.717) is 22.4 Å². The van der Waals surface area contributed by atoms with Crippen LogP contribution in [0.1, 0.15) is 13.8 Å². The van der Waals surface area contributed by atoms with Crippen LogP contribution in [-0.4, -0.2) is 18.3 Å². The zero-order valence-electron chi connectivity index (χ0n) is 10.2. The van der Waals surface area contributed by atoms with E-state index in [1.54, 1.807) is 18.2 Å². The van der Waals surface area contributed by atoms with Gasteiger partial charge < -0.3 is 9.50 Å². The molecule has 0 radical (unpaired) electrons. The van der Waals surface area contributed by atoms with Gasteiger partial charge in [-0.2, -0.15) is 0 Å². The lowest BCUT2D eigenvalue weighted by atomic mass is 10.3. The Morgan fingerprint density at radius 3 is 2.89 bits per heavy atom. The maximum Gasteiger partial charge on any atom is 0.255 e. The lowest BCUT2D eigenvalue weighted by molar-refractivity contribution is -0.117. The fraction of sp³-hybridized carbons (Fsp3) is 0.417. The van der Waals surface area contributed by atoms with Crippen molar-refractivity contribution in [2.75, 3.05) is 17.7 Å². The van der Waals surface area contributed by atoms with Gasteiger partial charge in [0.05, 0.1) is 17.1 Å². The molecule has 18 heavy (non-hydrogen) atoms. The number of hydrogen-bond donors (Lipinski definition) is 1. The lowest BCUT2D eigenvalue weighted by Crippen LogP contribution is -2.12. The smallest absolute Gasteiger partial charge is 0.255 e. The maximum atomic E-state index is 12.1. The third-order valence-electron chi connectivity index (χ3n) is 1.89. The molecule has 1 rings (SSSR count). The summed E-state index contributed by atoms with van der Waals surface area (Å²) in [5.74, 6) is 1.09. The Balaban J connectivity index is 2.65. The summed E-state index contributed by atoms with van der Waals surface area (Å²) in [6.45, 7) is 3.10. The average Bonchev–Trinajstić information content (AvgIpc) is 2.32. The summed E-state index contributed by atoms with van der Waals surface area (Å²) in [5, 5.41) is 2.85. The molecule has 1 amide bonds. The Morgan fingerprint density at radius 2 is 2.28 bits per heavy atom. The summed E-state index contributed by atoms with van der Waals surface area (Å²) >= 11 is 7.25. The number of nitrogens with one attached hydrogen (secondary N) is 1. The van der Waals surface area contributed by atoms with E-state index in [9.17, 15) is 9.18 Å². The van der Waals surface area contributed by atoms with E-state index < -0.39 is 12.6 Å². The van der Waals surface area contributed by atoms with Crippen molar-refractivity contribution in [3.05, 3.63) is 23.2 Å². The second-order valence-electron chi connectivity index (χ2n) is 4.09. The van der Waals surface area contributed by atoms with Gasteiger partial charge in [-0.05, 0) is 18.1 Å². The van der Waals surface area contributed by atoms with Gasteiger partial charge in [0.1, 0.15) is 0 Å². The van der Waals surface area contributed by atoms with E-state index in [4.69, 9.17) is 15.8 Å². The summed E-state index contributed by atoms with van der Waals surface area (Å²) < 4.78 is 17.5. The summed E-state index contributed by atoms with van der Waals surface area (Å²) in [7, 11) is 0. The molecule has 0 aliphatic carbocycles. The van der Waals surface area contributed by atoms with Crippen LogP contribution in [-0.2, 0) is 4.79 Å². The summed E-state index contributed by atoms with van der Waals surface area (Å²) in [4.78, 5) is 10.9. The van der Waals surface area contributed by atoms with Crippen molar-refractivity contribution in [3.63, 3.8) is 0 Å². The fourth-order valence-electron chi connectivity index (χ4n) is 1.07. The molecule has 0 unspecified atom stereocenters. The Labute approximate surface area is 115 Å². The molecular weight excluding hydrogens is 277 g/mol. The van der Waals surface area contributed by atoms with E-state index >= 15 is 0 Å². The van der Waals surface area contributed by atoms with Crippen molar-refractivity contribution in [3.8, 4) is 5.75 Å². The van der Waals surface area contributed by atoms with Crippen molar-refractivity contribution in [2.45, 2.75) is 13.8 Å². The third kappa shape index (κ3) is 5.14. The number of benzene rings is 1. The molecule has 1 N–H and O–H groups in total. The van der Waals surface area contributed by atoms with Crippen LogP contribution >= 0.6 is 23.6 Å². The van der Waals surface area contributed by atoms with Gasteiger partial charge >= 0.3 is 0 Å². The Hall–Kier alpha value is -0.940. The zero-order chi connectivity index (χ0) is 13.5. The molecule has 0 saturated heterocycles. The van der Waals surface area contributed by atoms with Crippen LogP contribution < -0.4 is 9.50 Å². The van der Waals surface area contributed by atoms with Crippen molar-refractivity contribution in [1.29, 1.82) is 0 Å². The molecule has 0 aromatic heterocycles. The highest BCUT2D eigenvalue weighted by atomic mass is 35.5. The molecular formula is C12H15ClFNO2S. The highest BCUT2D eigenvalue weighted by Crippen LogP contribution is 2.30. The second kappa shape index (κ2) is 7.48. The van der Waals surface area contributed by atoms with E-state index in [-0.39, 0.29) is 0 Å². The minimum Gasteiger partial charge on any atom is -0.424 e. The summed E-state index contributed by atoms with van der Waals surface area (Å²) in [6, 6.07) is 4.76. The summed E-state index contributed by atoms with van der Waals surface area (Å²) in [6.07, 6.45) is 0.